The number of methoxy groups -OCH3 is 3. The minimum absolute atomic E-state index is 0.472. The largest absolute Gasteiger partial charge is 0.493 e. The zero-order valence-corrected chi connectivity index (χ0v) is 17.9. The molecule has 0 N–H and O–H groups in total. The molecule has 0 bridgehead atoms. The van der Waals surface area contributed by atoms with Crippen LogP contribution in [0.5, 0.6) is 17.2 Å². The first-order valence-corrected chi connectivity index (χ1v) is 9.84. The number of hydrogen-bond acceptors (Lipinski definition) is 6. The van der Waals surface area contributed by atoms with Crippen LogP contribution >= 0.6 is 11.3 Å². The molecule has 148 valence electrons. The lowest BCUT2D eigenvalue weighted by molar-refractivity contribution is 0.324. The van der Waals surface area contributed by atoms with Gasteiger partial charge in [-0.25, -0.2) is 4.98 Å². The van der Waals surface area contributed by atoms with Crippen LogP contribution in [-0.4, -0.2) is 26.3 Å². The summed E-state index contributed by atoms with van der Waals surface area (Å²) in [6.45, 7) is 4.13. The molecule has 3 rings (SSSR count). The quantitative estimate of drug-likeness (QED) is 0.505. The second-order valence-electron chi connectivity index (χ2n) is 6.48. The molecule has 0 saturated carbocycles. The van der Waals surface area contributed by atoms with Crippen molar-refractivity contribution in [2.75, 3.05) is 21.3 Å². The van der Waals surface area contributed by atoms with Gasteiger partial charge in [0.2, 0.25) is 5.75 Å². The number of hydrogen-bond donors (Lipinski definition) is 0. The molecule has 0 saturated heterocycles. The molecule has 0 radical (unpaired) electrons. The summed E-state index contributed by atoms with van der Waals surface area (Å²) in [6.07, 6.45) is 1.77. The molecule has 6 heteroatoms. The molecule has 3 aromatic rings. The fraction of sp³-hybridized carbons (Fsp3) is 0.217. The van der Waals surface area contributed by atoms with Crippen molar-refractivity contribution in [1.29, 1.82) is 5.26 Å². The van der Waals surface area contributed by atoms with E-state index >= 15 is 0 Å². The van der Waals surface area contributed by atoms with E-state index in [1.807, 2.05) is 5.38 Å². The van der Waals surface area contributed by atoms with Crippen LogP contribution in [0.3, 0.4) is 0 Å². The average molecular weight is 407 g/mol. The lowest BCUT2D eigenvalue weighted by Gasteiger charge is -2.13. The Bertz CT molecular complexity index is 1080. The third kappa shape index (κ3) is 4.25. The standard InChI is InChI=1S/C23H22N2O3S/c1-14-6-7-18(15(2)8-14)19-13-29-23(25-19)17(12-24)9-16-10-20(26-3)22(28-5)21(11-16)27-4/h6-11,13H,1-5H3. The summed E-state index contributed by atoms with van der Waals surface area (Å²) >= 11 is 1.45. The summed E-state index contributed by atoms with van der Waals surface area (Å²) in [4.78, 5) is 4.70. The predicted octanol–water partition coefficient (Wildman–Crippen LogP) is 5.52. The number of nitrogens with zero attached hydrogens (tertiary/aromatic N) is 2. The van der Waals surface area contributed by atoms with E-state index in [4.69, 9.17) is 19.2 Å². The fourth-order valence-corrected chi connectivity index (χ4v) is 3.90. The molecule has 0 aliphatic rings. The SMILES string of the molecule is COc1cc(C=C(C#N)c2nc(-c3ccc(C)cc3C)cs2)cc(OC)c1OC. The first kappa shape index (κ1) is 20.4. The highest BCUT2D eigenvalue weighted by Gasteiger charge is 2.15. The van der Waals surface area contributed by atoms with Gasteiger partial charge in [0.15, 0.2) is 11.5 Å². The Kier molecular flexibility index (Phi) is 6.20. The Morgan fingerprint density at radius 3 is 2.28 bits per heavy atom. The van der Waals surface area contributed by atoms with Crippen LogP contribution in [0.25, 0.3) is 22.9 Å². The summed E-state index contributed by atoms with van der Waals surface area (Å²) < 4.78 is 16.1. The molecule has 1 aromatic heterocycles. The second kappa shape index (κ2) is 8.80. The molecular weight excluding hydrogens is 384 g/mol. The zero-order valence-electron chi connectivity index (χ0n) is 17.1. The third-order valence-corrected chi connectivity index (χ3v) is 5.39. The summed E-state index contributed by atoms with van der Waals surface area (Å²) in [5, 5.41) is 12.4. The third-order valence-electron chi connectivity index (χ3n) is 4.51. The molecule has 2 aromatic carbocycles. The maximum Gasteiger partial charge on any atom is 0.203 e. The van der Waals surface area contributed by atoms with E-state index in [9.17, 15) is 5.26 Å². The summed E-state index contributed by atoms with van der Waals surface area (Å²) in [5.41, 5.74) is 5.55. The molecule has 1 heterocycles. The second-order valence-corrected chi connectivity index (χ2v) is 7.34. The van der Waals surface area contributed by atoms with Crippen LogP contribution in [0.1, 0.15) is 21.7 Å². The predicted molar refractivity (Wildman–Crippen MR) is 117 cm³/mol. The van der Waals surface area contributed by atoms with Crippen LogP contribution in [0.2, 0.25) is 0 Å². The number of ether oxygens (including phenoxy) is 3. The van der Waals surface area contributed by atoms with Gasteiger partial charge in [0.25, 0.3) is 0 Å². The van der Waals surface area contributed by atoms with Crippen LogP contribution in [-0.2, 0) is 0 Å². The Labute approximate surface area is 174 Å². The van der Waals surface area contributed by atoms with Gasteiger partial charge in [0.1, 0.15) is 11.1 Å². The highest BCUT2D eigenvalue weighted by molar-refractivity contribution is 7.11. The van der Waals surface area contributed by atoms with Crippen LogP contribution < -0.4 is 14.2 Å². The summed E-state index contributed by atoms with van der Waals surface area (Å²) in [5.74, 6) is 1.58. The molecule has 0 spiro atoms. The Morgan fingerprint density at radius 1 is 1.03 bits per heavy atom. The zero-order chi connectivity index (χ0) is 21.0. The summed E-state index contributed by atoms with van der Waals surface area (Å²) in [7, 11) is 4.68. The molecule has 0 unspecified atom stereocenters. The van der Waals surface area contributed by atoms with Gasteiger partial charge in [-0.3, -0.25) is 0 Å². The van der Waals surface area contributed by atoms with Crippen LogP contribution in [0.15, 0.2) is 35.7 Å². The summed E-state index contributed by atoms with van der Waals surface area (Å²) in [6, 6.07) is 12.1. The monoisotopic (exact) mass is 406 g/mol. The lowest BCUT2D eigenvalue weighted by atomic mass is 10.0. The van der Waals surface area contributed by atoms with Crippen molar-refractivity contribution in [2.45, 2.75) is 13.8 Å². The van der Waals surface area contributed by atoms with Gasteiger partial charge < -0.3 is 14.2 Å². The minimum Gasteiger partial charge on any atom is -0.493 e. The maximum absolute atomic E-state index is 9.73. The van der Waals surface area contributed by atoms with Gasteiger partial charge >= 0.3 is 0 Å². The molecule has 0 amide bonds. The number of rotatable bonds is 6. The van der Waals surface area contributed by atoms with E-state index < -0.39 is 0 Å². The molecule has 0 aliphatic heterocycles. The topological polar surface area (TPSA) is 64.4 Å². The number of aromatic nitrogens is 1. The molecule has 0 fully saturated rings. The van der Waals surface area contributed by atoms with Gasteiger partial charge in [0.05, 0.1) is 32.6 Å². The van der Waals surface area contributed by atoms with Crippen molar-refractivity contribution in [3.05, 3.63) is 57.4 Å². The van der Waals surface area contributed by atoms with Crippen LogP contribution in [0.4, 0.5) is 0 Å². The van der Waals surface area contributed by atoms with Gasteiger partial charge in [-0.05, 0) is 43.2 Å². The number of benzene rings is 2. The molecular formula is C23H22N2O3S. The van der Waals surface area contributed by atoms with Crippen molar-refractivity contribution >= 4 is 23.0 Å². The fourth-order valence-electron chi connectivity index (χ4n) is 3.12. The number of nitriles is 1. The van der Waals surface area contributed by atoms with Crippen molar-refractivity contribution in [1.82, 2.24) is 4.98 Å². The first-order chi connectivity index (χ1) is 14.0. The normalized spacial score (nSPS) is 11.1. The van der Waals surface area contributed by atoms with E-state index in [2.05, 4.69) is 38.1 Å². The minimum atomic E-state index is 0.472. The highest BCUT2D eigenvalue weighted by atomic mass is 32.1. The first-order valence-electron chi connectivity index (χ1n) is 8.96. The number of allylic oxidation sites excluding steroid dienone is 1. The van der Waals surface area contributed by atoms with E-state index in [1.54, 1.807) is 39.5 Å². The van der Waals surface area contributed by atoms with E-state index in [-0.39, 0.29) is 0 Å². The van der Waals surface area contributed by atoms with E-state index in [0.29, 0.717) is 27.8 Å². The molecule has 5 nitrogen and oxygen atoms in total. The van der Waals surface area contributed by atoms with Gasteiger partial charge in [-0.1, -0.05) is 23.8 Å². The van der Waals surface area contributed by atoms with Crippen molar-refractivity contribution in [3.8, 4) is 34.6 Å². The molecule has 0 atom stereocenters. The lowest BCUT2D eigenvalue weighted by Crippen LogP contribution is -1.95. The van der Waals surface area contributed by atoms with Crippen molar-refractivity contribution in [2.24, 2.45) is 0 Å². The van der Waals surface area contributed by atoms with E-state index in [0.717, 1.165) is 22.4 Å². The smallest absolute Gasteiger partial charge is 0.203 e. The molecule has 0 aliphatic carbocycles. The Balaban J connectivity index is 2.02. The van der Waals surface area contributed by atoms with Gasteiger partial charge in [-0.2, -0.15) is 5.26 Å². The average Bonchev–Trinajstić information content (AvgIpc) is 3.20. The van der Waals surface area contributed by atoms with Crippen molar-refractivity contribution < 1.29 is 14.2 Å². The Morgan fingerprint density at radius 2 is 1.72 bits per heavy atom. The van der Waals surface area contributed by atoms with E-state index in [1.165, 1.54) is 16.9 Å². The van der Waals surface area contributed by atoms with Gasteiger partial charge in [0, 0.05) is 10.9 Å². The van der Waals surface area contributed by atoms with Crippen LogP contribution in [0, 0.1) is 25.2 Å². The maximum atomic E-state index is 9.73. The molecule has 29 heavy (non-hydrogen) atoms. The number of thiazole rings is 1. The number of aryl methyl sites for hydroxylation is 2. The van der Waals surface area contributed by atoms with Gasteiger partial charge in [-0.15, -0.1) is 11.3 Å². The van der Waals surface area contributed by atoms with Crippen molar-refractivity contribution in [3.63, 3.8) is 0 Å². The Hall–Kier alpha value is -3.30. The highest BCUT2D eigenvalue weighted by Crippen LogP contribution is 2.39.